The van der Waals surface area contributed by atoms with Gasteiger partial charge in [0, 0.05) is 5.56 Å². The molecule has 1 atom stereocenters. The van der Waals surface area contributed by atoms with Crippen molar-refractivity contribution < 1.29 is 4.79 Å². The van der Waals surface area contributed by atoms with Crippen molar-refractivity contribution in [2.45, 2.75) is 19.9 Å². The third-order valence-electron chi connectivity index (χ3n) is 3.26. The summed E-state index contributed by atoms with van der Waals surface area (Å²) in [6.45, 7) is 3.98. The molecule has 4 heteroatoms. The number of carbonyl (C=O) groups excluding carboxylic acids is 1. The second-order valence-electron chi connectivity index (χ2n) is 4.79. The van der Waals surface area contributed by atoms with Crippen molar-refractivity contribution in [2.24, 2.45) is 0 Å². The van der Waals surface area contributed by atoms with Crippen LogP contribution in [0.15, 0.2) is 42.5 Å². The Bertz CT molecular complexity index is 640. The summed E-state index contributed by atoms with van der Waals surface area (Å²) < 4.78 is 0. The van der Waals surface area contributed by atoms with Gasteiger partial charge < -0.3 is 11.1 Å². The van der Waals surface area contributed by atoms with E-state index in [1.807, 2.05) is 38.1 Å². The SMILES string of the molecule is Cc1ccccc1C(C)NC(=O)c1ccc(Cl)c(N)c1. The van der Waals surface area contributed by atoms with E-state index in [-0.39, 0.29) is 11.9 Å². The van der Waals surface area contributed by atoms with E-state index in [2.05, 4.69) is 5.32 Å². The fourth-order valence-corrected chi connectivity index (χ4v) is 2.23. The lowest BCUT2D eigenvalue weighted by Gasteiger charge is -2.16. The zero-order valence-corrected chi connectivity index (χ0v) is 12.2. The van der Waals surface area contributed by atoms with Crippen LogP contribution in [0.2, 0.25) is 5.02 Å². The molecule has 0 fully saturated rings. The molecular formula is C16H17ClN2O. The topological polar surface area (TPSA) is 55.1 Å². The molecule has 0 saturated carbocycles. The number of nitrogen functional groups attached to an aromatic ring is 1. The van der Waals surface area contributed by atoms with Gasteiger partial charge in [0.15, 0.2) is 0 Å². The van der Waals surface area contributed by atoms with Gasteiger partial charge in [-0.2, -0.15) is 0 Å². The maximum atomic E-state index is 12.2. The van der Waals surface area contributed by atoms with Gasteiger partial charge in [-0.3, -0.25) is 4.79 Å². The van der Waals surface area contributed by atoms with Crippen molar-refractivity contribution >= 4 is 23.2 Å². The first-order valence-electron chi connectivity index (χ1n) is 6.40. The minimum atomic E-state index is -0.163. The molecule has 2 rings (SSSR count). The highest BCUT2D eigenvalue weighted by atomic mass is 35.5. The Morgan fingerprint density at radius 2 is 1.95 bits per heavy atom. The number of nitrogens with one attached hydrogen (secondary N) is 1. The predicted octanol–water partition coefficient (Wildman–Crippen LogP) is 3.72. The first-order chi connectivity index (χ1) is 9.49. The minimum absolute atomic E-state index is 0.0689. The smallest absolute Gasteiger partial charge is 0.251 e. The van der Waals surface area contributed by atoms with Crippen LogP contribution in [0.5, 0.6) is 0 Å². The van der Waals surface area contributed by atoms with Gasteiger partial charge in [-0.05, 0) is 43.2 Å². The normalized spacial score (nSPS) is 11.9. The van der Waals surface area contributed by atoms with E-state index in [4.69, 9.17) is 17.3 Å². The van der Waals surface area contributed by atoms with Crippen molar-refractivity contribution in [3.8, 4) is 0 Å². The van der Waals surface area contributed by atoms with Gasteiger partial charge in [0.2, 0.25) is 0 Å². The Balaban J connectivity index is 2.15. The van der Waals surface area contributed by atoms with Crippen LogP contribution in [0.3, 0.4) is 0 Å². The van der Waals surface area contributed by atoms with E-state index in [9.17, 15) is 4.79 Å². The molecule has 3 nitrogen and oxygen atoms in total. The molecule has 1 unspecified atom stereocenters. The maximum Gasteiger partial charge on any atom is 0.251 e. The number of benzene rings is 2. The highest BCUT2D eigenvalue weighted by Gasteiger charge is 2.13. The average Bonchev–Trinajstić information content (AvgIpc) is 2.42. The summed E-state index contributed by atoms with van der Waals surface area (Å²) in [5, 5.41) is 3.41. The third kappa shape index (κ3) is 3.11. The molecule has 20 heavy (non-hydrogen) atoms. The number of anilines is 1. The maximum absolute atomic E-state index is 12.2. The zero-order valence-electron chi connectivity index (χ0n) is 11.5. The van der Waals surface area contributed by atoms with E-state index in [1.54, 1.807) is 18.2 Å². The largest absolute Gasteiger partial charge is 0.398 e. The second-order valence-corrected chi connectivity index (χ2v) is 5.20. The fourth-order valence-electron chi connectivity index (χ4n) is 2.12. The lowest BCUT2D eigenvalue weighted by atomic mass is 10.0. The van der Waals surface area contributed by atoms with Gasteiger partial charge >= 0.3 is 0 Å². The zero-order chi connectivity index (χ0) is 14.7. The fraction of sp³-hybridized carbons (Fsp3) is 0.188. The van der Waals surface area contributed by atoms with E-state index in [0.29, 0.717) is 16.3 Å². The minimum Gasteiger partial charge on any atom is -0.398 e. The standard InChI is InChI=1S/C16H17ClN2O/c1-10-5-3-4-6-13(10)11(2)19-16(20)12-7-8-14(17)15(18)9-12/h3-9,11H,18H2,1-2H3,(H,19,20). The number of nitrogens with two attached hydrogens (primary N) is 1. The molecule has 0 radical (unpaired) electrons. The molecule has 0 heterocycles. The molecular weight excluding hydrogens is 272 g/mol. The quantitative estimate of drug-likeness (QED) is 0.846. The molecule has 0 saturated heterocycles. The summed E-state index contributed by atoms with van der Waals surface area (Å²) in [6, 6.07) is 12.8. The van der Waals surface area contributed by atoms with Crippen LogP contribution in [-0.4, -0.2) is 5.91 Å². The predicted molar refractivity (Wildman–Crippen MR) is 82.9 cm³/mol. The van der Waals surface area contributed by atoms with Crippen LogP contribution in [0.25, 0.3) is 0 Å². The molecule has 2 aromatic carbocycles. The van der Waals surface area contributed by atoms with Crippen LogP contribution >= 0.6 is 11.6 Å². The molecule has 2 aromatic rings. The molecule has 0 aliphatic carbocycles. The van der Waals surface area contributed by atoms with Crippen LogP contribution in [-0.2, 0) is 0 Å². The van der Waals surface area contributed by atoms with Crippen molar-refractivity contribution in [2.75, 3.05) is 5.73 Å². The number of rotatable bonds is 3. The molecule has 104 valence electrons. The van der Waals surface area contributed by atoms with Gasteiger partial charge in [0.05, 0.1) is 16.8 Å². The Morgan fingerprint density at radius 1 is 1.25 bits per heavy atom. The summed E-state index contributed by atoms with van der Waals surface area (Å²) in [5.41, 5.74) is 8.87. The van der Waals surface area contributed by atoms with Gasteiger partial charge in [0.1, 0.15) is 0 Å². The summed E-state index contributed by atoms with van der Waals surface area (Å²) in [4.78, 5) is 12.2. The number of amides is 1. The lowest BCUT2D eigenvalue weighted by molar-refractivity contribution is 0.0940. The third-order valence-corrected chi connectivity index (χ3v) is 3.60. The molecule has 0 spiro atoms. The van der Waals surface area contributed by atoms with Crippen LogP contribution in [0.4, 0.5) is 5.69 Å². The molecule has 0 bridgehead atoms. The van der Waals surface area contributed by atoms with E-state index < -0.39 is 0 Å². The van der Waals surface area contributed by atoms with Crippen molar-refractivity contribution in [3.63, 3.8) is 0 Å². The van der Waals surface area contributed by atoms with Crippen molar-refractivity contribution in [1.82, 2.24) is 5.32 Å². The van der Waals surface area contributed by atoms with Gasteiger partial charge in [-0.15, -0.1) is 0 Å². The highest BCUT2D eigenvalue weighted by molar-refractivity contribution is 6.33. The van der Waals surface area contributed by atoms with Crippen LogP contribution < -0.4 is 11.1 Å². The summed E-state index contributed by atoms with van der Waals surface area (Å²) in [5.74, 6) is -0.163. The van der Waals surface area contributed by atoms with E-state index in [1.165, 1.54) is 0 Å². The number of carbonyl (C=O) groups is 1. The van der Waals surface area contributed by atoms with Gasteiger partial charge in [-0.25, -0.2) is 0 Å². The Hall–Kier alpha value is -2.00. The monoisotopic (exact) mass is 288 g/mol. The van der Waals surface area contributed by atoms with Gasteiger partial charge in [0.25, 0.3) is 5.91 Å². The second kappa shape index (κ2) is 5.97. The molecule has 0 aliphatic rings. The molecule has 0 aromatic heterocycles. The Kier molecular flexibility index (Phi) is 4.30. The molecule has 1 amide bonds. The summed E-state index contributed by atoms with van der Waals surface area (Å²) in [7, 11) is 0. The summed E-state index contributed by atoms with van der Waals surface area (Å²) >= 11 is 5.85. The Morgan fingerprint density at radius 3 is 2.60 bits per heavy atom. The first kappa shape index (κ1) is 14.4. The number of hydrogen-bond donors (Lipinski definition) is 2. The highest BCUT2D eigenvalue weighted by Crippen LogP contribution is 2.21. The Labute approximate surface area is 123 Å². The van der Waals surface area contributed by atoms with Crippen molar-refractivity contribution in [3.05, 3.63) is 64.2 Å². The average molecular weight is 289 g/mol. The van der Waals surface area contributed by atoms with E-state index >= 15 is 0 Å². The van der Waals surface area contributed by atoms with Crippen LogP contribution in [0.1, 0.15) is 34.5 Å². The number of halogens is 1. The first-order valence-corrected chi connectivity index (χ1v) is 6.78. The molecule has 0 aliphatic heterocycles. The number of aryl methyl sites for hydroxylation is 1. The summed E-state index contributed by atoms with van der Waals surface area (Å²) in [6.07, 6.45) is 0. The molecule has 3 N–H and O–H groups in total. The van der Waals surface area contributed by atoms with Crippen molar-refractivity contribution in [1.29, 1.82) is 0 Å². The van der Waals surface area contributed by atoms with Crippen LogP contribution in [0, 0.1) is 6.92 Å². The van der Waals surface area contributed by atoms with E-state index in [0.717, 1.165) is 11.1 Å². The van der Waals surface area contributed by atoms with Gasteiger partial charge in [-0.1, -0.05) is 35.9 Å². The lowest BCUT2D eigenvalue weighted by Crippen LogP contribution is -2.27. The number of hydrogen-bond acceptors (Lipinski definition) is 2.